The van der Waals surface area contributed by atoms with Gasteiger partial charge in [-0.25, -0.2) is 4.98 Å². The van der Waals surface area contributed by atoms with Crippen LogP contribution in [0.15, 0.2) is 12.5 Å². The number of carbonyl (C=O) groups is 4. The van der Waals surface area contributed by atoms with Gasteiger partial charge in [0.2, 0.25) is 17.7 Å². The minimum Gasteiger partial charge on any atom is -0.480 e. The predicted octanol–water partition coefficient (Wildman–Crippen LogP) is -2.12. The molecule has 11 nitrogen and oxygen atoms in total. The van der Waals surface area contributed by atoms with Crippen LogP contribution in [0, 0.1) is 0 Å². The summed E-state index contributed by atoms with van der Waals surface area (Å²) >= 11 is 0. The van der Waals surface area contributed by atoms with Crippen LogP contribution in [0.4, 0.5) is 0 Å². The Morgan fingerprint density at radius 3 is 2.00 bits per heavy atom. The first-order valence-electron chi connectivity index (χ1n) is 7.98. The highest BCUT2D eigenvalue weighted by Gasteiger charge is 2.24. The van der Waals surface area contributed by atoms with Gasteiger partial charge in [0.1, 0.15) is 18.1 Å². The third-order valence-corrected chi connectivity index (χ3v) is 3.56. The Labute approximate surface area is 150 Å². The number of aromatic amines is 1. The largest absolute Gasteiger partial charge is 0.480 e. The molecule has 0 saturated heterocycles. The summed E-state index contributed by atoms with van der Waals surface area (Å²) in [7, 11) is 0. The molecule has 1 aromatic heterocycles. The number of hydrogen-bond acceptors (Lipinski definition) is 6. The molecule has 0 radical (unpaired) electrons. The van der Waals surface area contributed by atoms with Gasteiger partial charge in [0.25, 0.3) is 0 Å². The van der Waals surface area contributed by atoms with E-state index in [0.717, 1.165) is 0 Å². The van der Waals surface area contributed by atoms with Gasteiger partial charge in [-0.3, -0.25) is 19.2 Å². The number of hydrogen-bond donors (Lipinski definition) is 6. The van der Waals surface area contributed by atoms with Crippen molar-refractivity contribution in [3.8, 4) is 0 Å². The summed E-state index contributed by atoms with van der Waals surface area (Å²) in [4.78, 5) is 53.3. The van der Waals surface area contributed by atoms with Crippen LogP contribution in [0.25, 0.3) is 0 Å². The van der Waals surface area contributed by atoms with Crippen LogP contribution in [-0.2, 0) is 25.6 Å². The third kappa shape index (κ3) is 6.51. The average molecular weight is 368 g/mol. The lowest BCUT2D eigenvalue weighted by molar-refractivity contribution is -0.141. The first kappa shape index (κ1) is 21.1. The first-order chi connectivity index (χ1) is 12.1. The van der Waals surface area contributed by atoms with Gasteiger partial charge in [0.05, 0.1) is 12.4 Å². The Kier molecular flexibility index (Phi) is 7.72. The quantitative estimate of drug-likeness (QED) is 0.288. The van der Waals surface area contributed by atoms with Crippen molar-refractivity contribution in [2.45, 2.75) is 51.4 Å². The molecule has 144 valence electrons. The van der Waals surface area contributed by atoms with Crippen LogP contribution >= 0.6 is 0 Å². The van der Waals surface area contributed by atoms with E-state index >= 15 is 0 Å². The molecule has 0 aliphatic heterocycles. The zero-order valence-electron chi connectivity index (χ0n) is 14.8. The average Bonchev–Trinajstić information content (AvgIpc) is 3.07. The van der Waals surface area contributed by atoms with E-state index in [9.17, 15) is 19.2 Å². The lowest BCUT2D eigenvalue weighted by Crippen LogP contribution is -2.55. The van der Waals surface area contributed by atoms with Gasteiger partial charge in [-0.15, -0.1) is 0 Å². The molecule has 0 aliphatic rings. The third-order valence-electron chi connectivity index (χ3n) is 3.56. The normalized spacial score (nSPS) is 15.2. The highest BCUT2D eigenvalue weighted by molar-refractivity contribution is 5.93. The van der Waals surface area contributed by atoms with Crippen LogP contribution in [0.5, 0.6) is 0 Å². The Morgan fingerprint density at radius 1 is 1.04 bits per heavy atom. The molecular formula is C15H24N6O5. The number of aliphatic carboxylic acids is 1. The summed E-state index contributed by atoms with van der Waals surface area (Å²) in [5, 5.41) is 15.9. The number of rotatable bonds is 9. The summed E-state index contributed by atoms with van der Waals surface area (Å²) in [6.45, 7) is 4.15. The van der Waals surface area contributed by atoms with E-state index in [1.54, 1.807) is 6.20 Å². The monoisotopic (exact) mass is 368 g/mol. The molecule has 0 spiro atoms. The number of amides is 3. The van der Waals surface area contributed by atoms with E-state index in [1.165, 1.54) is 27.1 Å². The molecule has 1 aromatic rings. The second-order valence-electron chi connectivity index (χ2n) is 5.92. The van der Waals surface area contributed by atoms with Gasteiger partial charge in [-0.2, -0.15) is 0 Å². The minimum absolute atomic E-state index is 0.228. The van der Waals surface area contributed by atoms with Crippen LogP contribution in [0.3, 0.4) is 0 Å². The van der Waals surface area contributed by atoms with E-state index < -0.39 is 47.9 Å². The Hall–Kier alpha value is -2.95. The van der Waals surface area contributed by atoms with Crippen LogP contribution in [-0.4, -0.2) is 62.9 Å². The van der Waals surface area contributed by atoms with Crippen molar-refractivity contribution in [2.75, 3.05) is 0 Å². The van der Waals surface area contributed by atoms with Crippen molar-refractivity contribution in [3.63, 3.8) is 0 Å². The SMILES string of the molecule is CC(NC(=O)C(C)NC(=O)C(C)NC(=O)C(N)Cc1cnc[nH]1)C(=O)O. The molecular weight excluding hydrogens is 344 g/mol. The van der Waals surface area contributed by atoms with E-state index in [4.69, 9.17) is 10.8 Å². The fraction of sp³-hybridized carbons (Fsp3) is 0.533. The van der Waals surface area contributed by atoms with Gasteiger partial charge >= 0.3 is 5.97 Å². The number of nitrogens with zero attached hydrogens (tertiary/aromatic N) is 1. The smallest absolute Gasteiger partial charge is 0.325 e. The Balaban J connectivity index is 2.46. The molecule has 0 aliphatic carbocycles. The molecule has 7 N–H and O–H groups in total. The fourth-order valence-corrected chi connectivity index (χ4v) is 1.92. The molecule has 1 heterocycles. The predicted molar refractivity (Wildman–Crippen MR) is 90.7 cm³/mol. The molecule has 1 rings (SSSR count). The number of carboxylic acids is 1. The second-order valence-corrected chi connectivity index (χ2v) is 5.92. The van der Waals surface area contributed by atoms with E-state index in [0.29, 0.717) is 5.69 Å². The van der Waals surface area contributed by atoms with Crippen molar-refractivity contribution < 1.29 is 24.3 Å². The van der Waals surface area contributed by atoms with Crippen LogP contribution < -0.4 is 21.7 Å². The lowest BCUT2D eigenvalue weighted by Gasteiger charge is -2.20. The molecule has 11 heteroatoms. The molecule has 4 unspecified atom stereocenters. The number of nitrogens with two attached hydrogens (primary N) is 1. The maximum Gasteiger partial charge on any atom is 0.325 e. The Bertz CT molecular complexity index is 647. The fourth-order valence-electron chi connectivity index (χ4n) is 1.92. The molecule has 0 aromatic carbocycles. The van der Waals surface area contributed by atoms with Crippen LogP contribution in [0.1, 0.15) is 26.5 Å². The molecule has 0 fully saturated rings. The summed E-state index contributed by atoms with van der Waals surface area (Å²) in [6.07, 6.45) is 3.24. The van der Waals surface area contributed by atoms with E-state index in [2.05, 4.69) is 25.9 Å². The standard InChI is InChI=1S/C15H24N6O5/c1-7(13(23)21-9(3)15(25)26)19-12(22)8(2)20-14(24)11(16)4-10-5-17-6-18-10/h5-9,11H,4,16H2,1-3H3,(H,17,18)(H,19,22)(H,20,24)(H,21,23)(H,25,26). The Morgan fingerprint density at radius 2 is 1.54 bits per heavy atom. The maximum absolute atomic E-state index is 12.1. The summed E-state index contributed by atoms with van der Waals surface area (Å²) in [5.74, 6) is -2.97. The van der Waals surface area contributed by atoms with Gasteiger partial charge in [0, 0.05) is 18.3 Å². The molecule has 0 bridgehead atoms. The first-order valence-corrected chi connectivity index (χ1v) is 7.98. The number of nitrogens with one attached hydrogen (secondary N) is 4. The van der Waals surface area contributed by atoms with Crippen LogP contribution in [0.2, 0.25) is 0 Å². The van der Waals surface area contributed by atoms with Crippen molar-refractivity contribution >= 4 is 23.7 Å². The number of aromatic nitrogens is 2. The van der Waals surface area contributed by atoms with E-state index in [-0.39, 0.29) is 6.42 Å². The van der Waals surface area contributed by atoms with Crippen molar-refractivity contribution in [2.24, 2.45) is 5.73 Å². The van der Waals surface area contributed by atoms with Crippen molar-refractivity contribution in [1.82, 2.24) is 25.9 Å². The topological polar surface area (TPSA) is 179 Å². The highest BCUT2D eigenvalue weighted by atomic mass is 16.4. The summed E-state index contributed by atoms with van der Waals surface area (Å²) in [6, 6.07) is -3.85. The van der Waals surface area contributed by atoms with E-state index in [1.807, 2.05) is 0 Å². The number of carboxylic acid groups (broad SMARTS) is 1. The maximum atomic E-state index is 12.1. The molecule has 3 amide bonds. The molecule has 0 saturated carbocycles. The zero-order valence-corrected chi connectivity index (χ0v) is 14.8. The minimum atomic E-state index is -1.19. The number of H-pyrrole nitrogens is 1. The number of imidazole rings is 1. The summed E-state index contributed by atoms with van der Waals surface area (Å²) < 4.78 is 0. The number of carbonyl (C=O) groups excluding carboxylic acids is 3. The second kappa shape index (κ2) is 9.51. The van der Waals surface area contributed by atoms with Crippen molar-refractivity contribution in [1.29, 1.82) is 0 Å². The lowest BCUT2D eigenvalue weighted by atomic mass is 10.1. The van der Waals surface area contributed by atoms with Gasteiger partial charge in [-0.05, 0) is 20.8 Å². The summed E-state index contributed by atoms with van der Waals surface area (Å²) in [5.41, 5.74) is 6.46. The van der Waals surface area contributed by atoms with Gasteiger partial charge < -0.3 is 31.8 Å². The highest BCUT2D eigenvalue weighted by Crippen LogP contribution is 1.97. The molecule has 26 heavy (non-hydrogen) atoms. The zero-order chi connectivity index (χ0) is 19.9. The van der Waals surface area contributed by atoms with Gasteiger partial charge in [0.15, 0.2) is 0 Å². The van der Waals surface area contributed by atoms with Gasteiger partial charge in [-0.1, -0.05) is 0 Å². The molecule has 4 atom stereocenters. The van der Waals surface area contributed by atoms with Crippen molar-refractivity contribution in [3.05, 3.63) is 18.2 Å².